The van der Waals surface area contributed by atoms with Crippen LogP contribution in [0, 0.1) is 0 Å². The largest absolute Gasteiger partial charge is 0.422 e. The molecule has 5 rings (SSSR count). The molecule has 5 aromatic rings. The number of hydrogen-bond acceptors (Lipinski definition) is 2. The van der Waals surface area contributed by atoms with Gasteiger partial charge >= 0.3 is 5.97 Å². The second kappa shape index (κ2) is 10.5. The van der Waals surface area contributed by atoms with E-state index in [1.807, 2.05) is 36.4 Å². The van der Waals surface area contributed by atoms with Gasteiger partial charge < -0.3 is 4.74 Å². The van der Waals surface area contributed by atoms with Crippen LogP contribution in [0.4, 0.5) is 0 Å². The molecule has 0 aliphatic heterocycles. The Morgan fingerprint density at radius 1 is 0.514 bits per heavy atom. The van der Waals surface area contributed by atoms with Crippen LogP contribution < -0.4 is 20.7 Å². The van der Waals surface area contributed by atoms with Gasteiger partial charge in [0.25, 0.3) is 0 Å². The van der Waals surface area contributed by atoms with Crippen LogP contribution in [0.3, 0.4) is 0 Å². The van der Waals surface area contributed by atoms with Crippen LogP contribution in [0.2, 0.25) is 0 Å². The summed E-state index contributed by atoms with van der Waals surface area (Å²) in [7, 11) is -2.11. The first-order valence-corrected chi connectivity index (χ1v) is 13.6. The van der Waals surface area contributed by atoms with Gasteiger partial charge in [0.2, 0.25) is 0 Å². The van der Waals surface area contributed by atoms with Gasteiger partial charge in [0.15, 0.2) is 0 Å². The summed E-state index contributed by atoms with van der Waals surface area (Å²) in [4.78, 5) is 12.9. The van der Waals surface area contributed by atoms with Crippen molar-refractivity contribution < 1.29 is 9.53 Å². The molecule has 35 heavy (non-hydrogen) atoms. The molecule has 0 spiro atoms. The van der Waals surface area contributed by atoms with E-state index in [1.54, 1.807) is 12.1 Å². The highest BCUT2D eigenvalue weighted by Crippen LogP contribution is 2.58. The van der Waals surface area contributed by atoms with Crippen LogP contribution in [-0.2, 0) is 6.16 Å². The summed E-state index contributed by atoms with van der Waals surface area (Å²) in [6, 6.07) is 49.3. The van der Waals surface area contributed by atoms with Crippen molar-refractivity contribution in [3.63, 3.8) is 0 Å². The number of esters is 1. The third kappa shape index (κ3) is 4.80. The average Bonchev–Trinajstić information content (AvgIpc) is 2.94. The molecule has 0 N–H and O–H groups in total. The van der Waals surface area contributed by atoms with Crippen LogP contribution in [0.5, 0.6) is 5.75 Å². The maximum absolute atomic E-state index is 12.9. The molecule has 0 heterocycles. The minimum atomic E-state index is -2.11. The molecule has 0 aliphatic carbocycles. The molecule has 0 radical (unpaired) electrons. The van der Waals surface area contributed by atoms with E-state index in [-0.39, 0.29) is 5.97 Å². The maximum atomic E-state index is 12.9. The summed E-state index contributed by atoms with van der Waals surface area (Å²) in [5.41, 5.74) is 1.55. The molecule has 5 aromatic carbocycles. The van der Waals surface area contributed by atoms with Crippen molar-refractivity contribution in [2.75, 3.05) is 0 Å². The van der Waals surface area contributed by atoms with Gasteiger partial charge in [-0.15, -0.1) is 0 Å². The SMILES string of the molecule is O=C(Oc1ccccc1C[P+](c1ccccc1)(c1ccccc1)c1ccccc1)c1ccccc1. The van der Waals surface area contributed by atoms with Gasteiger partial charge in [-0.05, 0) is 54.6 Å². The van der Waals surface area contributed by atoms with E-state index in [4.69, 9.17) is 4.74 Å². The van der Waals surface area contributed by atoms with E-state index in [9.17, 15) is 4.79 Å². The number of carbonyl (C=O) groups is 1. The van der Waals surface area contributed by atoms with E-state index < -0.39 is 7.26 Å². The Labute approximate surface area is 207 Å². The number of para-hydroxylation sites is 1. The van der Waals surface area contributed by atoms with Crippen molar-refractivity contribution in [1.29, 1.82) is 0 Å². The lowest BCUT2D eigenvalue weighted by Crippen LogP contribution is -2.32. The normalized spacial score (nSPS) is 11.1. The van der Waals surface area contributed by atoms with Crippen molar-refractivity contribution in [1.82, 2.24) is 0 Å². The lowest BCUT2D eigenvalue weighted by molar-refractivity contribution is 0.0733. The molecule has 0 unspecified atom stereocenters. The molecule has 0 saturated carbocycles. The lowest BCUT2D eigenvalue weighted by Gasteiger charge is -2.28. The fourth-order valence-electron chi connectivity index (χ4n) is 4.49. The fraction of sp³-hybridized carbons (Fsp3) is 0.0312. The zero-order chi connectivity index (χ0) is 23.9. The minimum Gasteiger partial charge on any atom is -0.422 e. The Hall–Kier alpha value is -4.00. The highest BCUT2D eigenvalue weighted by molar-refractivity contribution is 7.95. The molecular formula is C32H26O2P+. The molecule has 2 nitrogen and oxygen atoms in total. The third-order valence-corrected chi connectivity index (χ3v) is 10.5. The Bertz CT molecular complexity index is 1290. The monoisotopic (exact) mass is 473 g/mol. The van der Waals surface area contributed by atoms with Crippen molar-refractivity contribution in [3.05, 3.63) is 157 Å². The lowest BCUT2D eigenvalue weighted by atomic mass is 10.2. The maximum Gasteiger partial charge on any atom is 0.343 e. The first kappa shape index (κ1) is 22.8. The van der Waals surface area contributed by atoms with E-state index >= 15 is 0 Å². The molecule has 0 amide bonds. The standard InChI is InChI=1S/C32H26O2P/c33-32(26-15-5-1-6-16-26)34-31-24-14-13-17-27(31)25-35(28-18-7-2-8-19-28,29-20-9-3-10-21-29)30-22-11-4-12-23-30/h1-24H,25H2/q+1. The van der Waals surface area contributed by atoms with Gasteiger partial charge in [-0.1, -0.05) is 91.0 Å². The Kier molecular flexibility index (Phi) is 6.84. The first-order valence-electron chi connectivity index (χ1n) is 11.7. The van der Waals surface area contributed by atoms with E-state index in [0.717, 1.165) is 11.7 Å². The topological polar surface area (TPSA) is 26.3 Å². The molecule has 170 valence electrons. The highest BCUT2D eigenvalue weighted by Gasteiger charge is 2.46. The van der Waals surface area contributed by atoms with Gasteiger partial charge in [-0.2, -0.15) is 0 Å². The summed E-state index contributed by atoms with van der Waals surface area (Å²) in [5.74, 6) is 0.259. The molecule has 0 aromatic heterocycles. The molecule has 0 fully saturated rings. The predicted octanol–water partition coefficient (Wildman–Crippen LogP) is 6.40. The van der Waals surface area contributed by atoms with E-state index in [0.29, 0.717) is 11.3 Å². The summed E-state index contributed by atoms with van der Waals surface area (Å²) in [5, 5.41) is 3.88. The smallest absolute Gasteiger partial charge is 0.343 e. The number of benzene rings is 5. The number of hydrogen-bond donors (Lipinski definition) is 0. The van der Waals surface area contributed by atoms with Crippen molar-refractivity contribution in [2.24, 2.45) is 0 Å². The van der Waals surface area contributed by atoms with Gasteiger partial charge in [0, 0.05) is 5.56 Å². The number of carbonyl (C=O) groups excluding carboxylic acids is 1. The minimum absolute atomic E-state index is 0.346. The fourth-order valence-corrected chi connectivity index (χ4v) is 8.75. The predicted molar refractivity (Wildman–Crippen MR) is 147 cm³/mol. The van der Waals surface area contributed by atoms with Crippen molar-refractivity contribution >= 4 is 29.1 Å². The second-order valence-corrected chi connectivity index (χ2v) is 11.8. The van der Waals surface area contributed by atoms with Gasteiger partial charge in [-0.25, -0.2) is 4.79 Å². The summed E-state index contributed by atoms with van der Waals surface area (Å²) in [6.07, 6.45) is 0.739. The summed E-state index contributed by atoms with van der Waals surface area (Å²) in [6.45, 7) is 0. The van der Waals surface area contributed by atoms with Gasteiger partial charge in [0.05, 0.1) is 5.56 Å². The second-order valence-electron chi connectivity index (χ2n) is 8.34. The van der Waals surface area contributed by atoms with Crippen LogP contribution in [0.25, 0.3) is 0 Å². The van der Waals surface area contributed by atoms with Gasteiger partial charge in [0.1, 0.15) is 35.1 Å². The summed E-state index contributed by atoms with van der Waals surface area (Å²) < 4.78 is 5.96. The molecule has 0 atom stereocenters. The van der Waals surface area contributed by atoms with Gasteiger partial charge in [-0.3, -0.25) is 0 Å². The van der Waals surface area contributed by atoms with Crippen LogP contribution >= 0.6 is 7.26 Å². The van der Waals surface area contributed by atoms with Crippen molar-refractivity contribution in [2.45, 2.75) is 6.16 Å². The first-order chi connectivity index (χ1) is 17.3. The number of rotatable bonds is 7. The molecule has 0 bridgehead atoms. The van der Waals surface area contributed by atoms with Crippen molar-refractivity contribution in [3.8, 4) is 5.75 Å². The zero-order valence-electron chi connectivity index (χ0n) is 19.3. The highest BCUT2D eigenvalue weighted by atomic mass is 31.2. The Morgan fingerprint density at radius 2 is 0.914 bits per heavy atom. The molecule has 3 heteroatoms. The van der Waals surface area contributed by atoms with Crippen LogP contribution in [0.15, 0.2) is 146 Å². The molecular weight excluding hydrogens is 447 g/mol. The van der Waals surface area contributed by atoms with E-state index in [2.05, 4.69) is 97.1 Å². The molecule has 0 aliphatic rings. The van der Waals surface area contributed by atoms with Crippen LogP contribution in [0.1, 0.15) is 15.9 Å². The zero-order valence-corrected chi connectivity index (χ0v) is 20.2. The third-order valence-electron chi connectivity index (χ3n) is 6.18. The average molecular weight is 474 g/mol. The molecule has 0 saturated heterocycles. The summed E-state index contributed by atoms with van der Waals surface area (Å²) >= 11 is 0. The van der Waals surface area contributed by atoms with E-state index in [1.165, 1.54) is 15.9 Å². The number of ether oxygens (including phenoxy) is 1. The Balaban J connectivity index is 1.65. The quantitative estimate of drug-likeness (QED) is 0.155. The Morgan fingerprint density at radius 3 is 1.40 bits per heavy atom. The van der Waals surface area contributed by atoms with Crippen LogP contribution in [-0.4, -0.2) is 5.97 Å².